The van der Waals surface area contributed by atoms with Crippen molar-refractivity contribution >= 4 is 11.9 Å². The summed E-state index contributed by atoms with van der Waals surface area (Å²) in [7, 11) is 0. The van der Waals surface area contributed by atoms with Gasteiger partial charge in [-0.1, -0.05) is 0 Å². The van der Waals surface area contributed by atoms with E-state index in [4.69, 9.17) is 14.2 Å². The number of hydrogen-bond donors (Lipinski definition) is 2. The fraction of sp³-hybridized carbons (Fsp3) is 0.846. The number of hydrogen-bond acceptors (Lipinski definition) is 5. The van der Waals surface area contributed by atoms with Gasteiger partial charge in [0.2, 0.25) is 6.10 Å². The van der Waals surface area contributed by atoms with Gasteiger partial charge in [-0.3, -0.25) is 0 Å². The van der Waals surface area contributed by atoms with Crippen LogP contribution in [0.5, 0.6) is 0 Å². The Morgan fingerprint density at radius 1 is 0.850 bits per heavy atom. The molecule has 0 aliphatic carbocycles. The molecule has 0 amide bonds. The summed E-state index contributed by atoms with van der Waals surface area (Å²) in [5, 5.41) is 18.7. The van der Waals surface area contributed by atoms with Crippen LogP contribution in [0, 0.1) is 0 Å². The Morgan fingerprint density at radius 2 is 1.25 bits per heavy atom. The maximum Gasteiger partial charge on any atom is 0.368 e. The SMILES string of the molecule is CC(C)OC(C(=O)O)C(OC(C)C)(OC(C)C)C(=O)O. The highest BCUT2D eigenvalue weighted by Crippen LogP contribution is 2.27. The van der Waals surface area contributed by atoms with Gasteiger partial charge in [-0.2, -0.15) is 0 Å². The third kappa shape index (κ3) is 5.07. The maximum atomic E-state index is 11.6. The first kappa shape index (κ1) is 18.8. The first-order valence-electron chi connectivity index (χ1n) is 6.50. The van der Waals surface area contributed by atoms with Gasteiger partial charge in [-0.25, -0.2) is 9.59 Å². The second-order valence-corrected chi connectivity index (χ2v) is 5.21. The molecule has 0 aliphatic rings. The summed E-state index contributed by atoms with van der Waals surface area (Å²) >= 11 is 0. The predicted octanol–water partition coefficient (Wildman–Crippen LogP) is 1.50. The quantitative estimate of drug-likeness (QED) is 0.621. The molecule has 0 spiro atoms. The van der Waals surface area contributed by atoms with E-state index in [1.165, 1.54) is 0 Å². The standard InChI is InChI=1S/C13H24O7/c1-7(2)18-10(11(14)15)13(12(16)17,19-8(3)4)20-9(5)6/h7-10H,1-6H3,(H,14,15)(H,16,17). The van der Waals surface area contributed by atoms with Crippen molar-refractivity contribution in [2.24, 2.45) is 0 Å². The van der Waals surface area contributed by atoms with Gasteiger partial charge in [0.25, 0.3) is 0 Å². The van der Waals surface area contributed by atoms with Gasteiger partial charge in [0.05, 0.1) is 18.3 Å². The molecule has 0 radical (unpaired) electrons. The van der Waals surface area contributed by atoms with Crippen molar-refractivity contribution in [3.63, 3.8) is 0 Å². The summed E-state index contributed by atoms with van der Waals surface area (Å²) in [6, 6.07) is 0. The molecule has 0 aliphatic heterocycles. The molecule has 0 fully saturated rings. The summed E-state index contributed by atoms with van der Waals surface area (Å²) in [5.41, 5.74) is 0. The minimum Gasteiger partial charge on any atom is -0.479 e. The zero-order chi connectivity index (χ0) is 16.1. The van der Waals surface area contributed by atoms with Crippen LogP contribution < -0.4 is 0 Å². The first-order valence-corrected chi connectivity index (χ1v) is 6.50. The van der Waals surface area contributed by atoms with E-state index < -0.39 is 42.1 Å². The minimum absolute atomic E-state index is 0.499. The van der Waals surface area contributed by atoms with E-state index >= 15 is 0 Å². The lowest BCUT2D eigenvalue weighted by molar-refractivity contribution is -0.307. The normalized spacial score (nSPS) is 14.1. The molecule has 0 bridgehead atoms. The lowest BCUT2D eigenvalue weighted by atomic mass is 10.1. The number of carbonyl (C=O) groups is 2. The zero-order valence-corrected chi connectivity index (χ0v) is 12.7. The van der Waals surface area contributed by atoms with Crippen molar-refractivity contribution in [1.29, 1.82) is 0 Å². The van der Waals surface area contributed by atoms with Crippen LogP contribution in [-0.4, -0.2) is 52.4 Å². The lowest BCUT2D eigenvalue weighted by Gasteiger charge is -2.37. The molecule has 7 heteroatoms. The van der Waals surface area contributed by atoms with Crippen molar-refractivity contribution in [2.75, 3.05) is 0 Å². The lowest BCUT2D eigenvalue weighted by Crippen LogP contribution is -2.60. The minimum atomic E-state index is -2.39. The Bertz CT molecular complexity index is 326. The van der Waals surface area contributed by atoms with Crippen LogP contribution in [0.1, 0.15) is 41.5 Å². The molecule has 0 saturated carbocycles. The van der Waals surface area contributed by atoms with Crippen LogP contribution in [0.15, 0.2) is 0 Å². The molecule has 1 atom stereocenters. The van der Waals surface area contributed by atoms with E-state index in [2.05, 4.69) is 0 Å². The van der Waals surface area contributed by atoms with E-state index in [0.29, 0.717) is 0 Å². The predicted molar refractivity (Wildman–Crippen MR) is 70.5 cm³/mol. The average molecular weight is 292 g/mol. The van der Waals surface area contributed by atoms with Crippen molar-refractivity contribution in [1.82, 2.24) is 0 Å². The van der Waals surface area contributed by atoms with Crippen molar-refractivity contribution in [3.05, 3.63) is 0 Å². The number of carboxylic acid groups (broad SMARTS) is 2. The van der Waals surface area contributed by atoms with Crippen LogP contribution in [-0.2, 0) is 23.8 Å². The van der Waals surface area contributed by atoms with E-state index in [1.807, 2.05) is 0 Å². The molecule has 1 unspecified atom stereocenters. The summed E-state index contributed by atoms with van der Waals surface area (Å²) in [6.45, 7) is 9.58. The van der Waals surface area contributed by atoms with E-state index in [9.17, 15) is 19.8 Å². The van der Waals surface area contributed by atoms with Gasteiger partial charge in [0.1, 0.15) is 0 Å². The maximum absolute atomic E-state index is 11.6. The second kappa shape index (κ2) is 7.56. The van der Waals surface area contributed by atoms with Gasteiger partial charge >= 0.3 is 17.7 Å². The molecule has 7 nitrogen and oxygen atoms in total. The molecular weight excluding hydrogens is 268 g/mol. The molecule has 0 rings (SSSR count). The summed E-state index contributed by atoms with van der Waals surface area (Å²) < 4.78 is 15.8. The number of carboxylic acids is 2. The Hall–Kier alpha value is -1.18. The Morgan fingerprint density at radius 3 is 1.45 bits per heavy atom. The molecule has 0 saturated heterocycles. The largest absolute Gasteiger partial charge is 0.479 e. The van der Waals surface area contributed by atoms with Crippen LogP contribution in [0.3, 0.4) is 0 Å². The number of aliphatic carboxylic acids is 2. The molecular formula is C13H24O7. The van der Waals surface area contributed by atoms with E-state index in [-0.39, 0.29) is 0 Å². The molecule has 0 aromatic carbocycles. The van der Waals surface area contributed by atoms with Crippen molar-refractivity contribution in [3.8, 4) is 0 Å². The van der Waals surface area contributed by atoms with Gasteiger partial charge in [-0.15, -0.1) is 0 Å². The fourth-order valence-corrected chi connectivity index (χ4v) is 1.65. The van der Waals surface area contributed by atoms with Gasteiger partial charge < -0.3 is 24.4 Å². The highest BCUT2D eigenvalue weighted by atomic mass is 16.7. The van der Waals surface area contributed by atoms with Crippen LogP contribution in [0.25, 0.3) is 0 Å². The third-order valence-corrected chi connectivity index (χ3v) is 2.10. The monoisotopic (exact) mass is 292 g/mol. The molecule has 0 heterocycles. The Kier molecular flexibility index (Phi) is 7.12. The second-order valence-electron chi connectivity index (χ2n) is 5.21. The fourth-order valence-electron chi connectivity index (χ4n) is 1.65. The van der Waals surface area contributed by atoms with Gasteiger partial charge in [0.15, 0.2) is 0 Å². The Labute approximate surface area is 118 Å². The van der Waals surface area contributed by atoms with Crippen LogP contribution >= 0.6 is 0 Å². The summed E-state index contributed by atoms with van der Waals surface area (Å²) in [5.74, 6) is -5.38. The number of ether oxygens (including phenoxy) is 3. The van der Waals surface area contributed by atoms with Gasteiger partial charge in [0, 0.05) is 0 Å². The zero-order valence-electron chi connectivity index (χ0n) is 12.7. The van der Waals surface area contributed by atoms with Gasteiger partial charge in [-0.05, 0) is 41.5 Å². The topological polar surface area (TPSA) is 102 Å². The molecule has 0 aromatic heterocycles. The van der Waals surface area contributed by atoms with E-state index in [1.54, 1.807) is 41.5 Å². The average Bonchev–Trinajstić information content (AvgIpc) is 2.22. The van der Waals surface area contributed by atoms with Crippen LogP contribution in [0.2, 0.25) is 0 Å². The molecule has 0 aromatic rings. The third-order valence-electron chi connectivity index (χ3n) is 2.10. The number of rotatable bonds is 9. The Balaban J connectivity index is 5.73. The first-order chi connectivity index (χ1) is 9.02. The molecule has 20 heavy (non-hydrogen) atoms. The smallest absolute Gasteiger partial charge is 0.368 e. The van der Waals surface area contributed by atoms with Crippen LogP contribution in [0.4, 0.5) is 0 Å². The molecule has 118 valence electrons. The van der Waals surface area contributed by atoms with E-state index in [0.717, 1.165) is 0 Å². The summed E-state index contributed by atoms with van der Waals surface area (Å²) in [4.78, 5) is 23.0. The summed E-state index contributed by atoms with van der Waals surface area (Å²) in [6.07, 6.45) is -3.38. The highest BCUT2D eigenvalue weighted by molar-refractivity contribution is 5.86. The van der Waals surface area contributed by atoms with Crippen molar-refractivity contribution in [2.45, 2.75) is 71.7 Å². The van der Waals surface area contributed by atoms with Crippen molar-refractivity contribution < 1.29 is 34.0 Å². The highest BCUT2D eigenvalue weighted by Gasteiger charge is 2.55. The molecule has 2 N–H and O–H groups in total.